The van der Waals surface area contributed by atoms with Gasteiger partial charge in [0.25, 0.3) is 0 Å². The molecule has 18 heavy (non-hydrogen) atoms. The molecule has 1 aliphatic heterocycles. The zero-order valence-corrected chi connectivity index (χ0v) is 9.97. The first-order chi connectivity index (χ1) is 8.65. The fraction of sp³-hybridized carbons (Fsp3) is 0.385. The van der Waals surface area contributed by atoms with Gasteiger partial charge in [-0.15, -0.1) is 0 Å². The summed E-state index contributed by atoms with van der Waals surface area (Å²) in [4.78, 5) is 15.2. The van der Waals surface area contributed by atoms with Crippen molar-refractivity contribution in [2.24, 2.45) is 5.73 Å². The van der Waals surface area contributed by atoms with Gasteiger partial charge < -0.3 is 15.4 Å². The number of carboxylic acids is 1. The SMILES string of the molecule is NC(CC(=O)O)c1ccc2nc3n(c2c1)CCC3. The van der Waals surface area contributed by atoms with Gasteiger partial charge in [0.05, 0.1) is 17.5 Å². The highest BCUT2D eigenvalue weighted by Gasteiger charge is 2.18. The van der Waals surface area contributed by atoms with Crippen molar-refractivity contribution < 1.29 is 9.90 Å². The average molecular weight is 245 g/mol. The van der Waals surface area contributed by atoms with Gasteiger partial charge in [0.15, 0.2) is 0 Å². The topological polar surface area (TPSA) is 81.1 Å². The van der Waals surface area contributed by atoms with Crippen molar-refractivity contribution in [1.82, 2.24) is 9.55 Å². The number of rotatable bonds is 3. The van der Waals surface area contributed by atoms with Crippen LogP contribution in [-0.2, 0) is 17.8 Å². The summed E-state index contributed by atoms with van der Waals surface area (Å²) in [5, 5.41) is 8.78. The minimum atomic E-state index is -0.874. The molecule has 0 saturated heterocycles. The quantitative estimate of drug-likeness (QED) is 0.857. The lowest BCUT2D eigenvalue weighted by Crippen LogP contribution is -2.14. The normalized spacial score (nSPS) is 15.8. The van der Waals surface area contributed by atoms with Crippen LogP contribution in [0, 0.1) is 0 Å². The lowest BCUT2D eigenvalue weighted by Gasteiger charge is -2.09. The van der Waals surface area contributed by atoms with Crippen LogP contribution in [0.25, 0.3) is 11.0 Å². The van der Waals surface area contributed by atoms with Crippen molar-refractivity contribution >= 4 is 17.0 Å². The number of nitrogens with zero attached hydrogens (tertiary/aromatic N) is 2. The van der Waals surface area contributed by atoms with Crippen molar-refractivity contribution in [2.45, 2.75) is 31.8 Å². The standard InChI is InChI=1S/C13H15N3O2/c14-9(7-13(17)18)8-3-4-10-11(6-8)16-5-1-2-12(16)15-10/h3-4,6,9H,1-2,5,7,14H2,(H,17,18). The molecule has 1 unspecified atom stereocenters. The zero-order valence-electron chi connectivity index (χ0n) is 9.97. The third kappa shape index (κ3) is 1.76. The number of aryl methyl sites for hydroxylation is 2. The molecular weight excluding hydrogens is 230 g/mol. The van der Waals surface area contributed by atoms with Gasteiger partial charge in [-0.05, 0) is 24.1 Å². The summed E-state index contributed by atoms with van der Waals surface area (Å²) in [5.74, 6) is 0.245. The Bertz CT molecular complexity index is 618. The lowest BCUT2D eigenvalue weighted by molar-refractivity contribution is -0.137. The van der Waals surface area contributed by atoms with E-state index in [0.717, 1.165) is 41.8 Å². The summed E-state index contributed by atoms with van der Waals surface area (Å²) in [6.07, 6.45) is 2.10. The fourth-order valence-electron chi connectivity index (χ4n) is 2.56. The Morgan fingerprint density at radius 2 is 2.39 bits per heavy atom. The molecule has 5 nitrogen and oxygen atoms in total. The second kappa shape index (κ2) is 4.10. The van der Waals surface area contributed by atoms with Crippen molar-refractivity contribution in [3.05, 3.63) is 29.6 Å². The van der Waals surface area contributed by atoms with Gasteiger partial charge in [-0.25, -0.2) is 4.98 Å². The van der Waals surface area contributed by atoms with Crippen molar-refractivity contribution in [3.8, 4) is 0 Å². The van der Waals surface area contributed by atoms with Crippen LogP contribution in [0.3, 0.4) is 0 Å². The van der Waals surface area contributed by atoms with E-state index in [0.29, 0.717) is 0 Å². The Morgan fingerprint density at radius 1 is 1.56 bits per heavy atom. The zero-order chi connectivity index (χ0) is 12.7. The molecule has 2 aromatic rings. The molecule has 0 saturated carbocycles. The molecule has 0 aliphatic carbocycles. The molecule has 1 aromatic heterocycles. The summed E-state index contributed by atoms with van der Waals surface area (Å²) in [5.41, 5.74) is 8.79. The lowest BCUT2D eigenvalue weighted by atomic mass is 10.0. The number of fused-ring (bicyclic) bond motifs is 3. The smallest absolute Gasteiger partial charge is 0.305 e. The highest BCUT2D eigenvalue weighted by atomic mass is 16.4. The van der Waals surface area contributed by atoms with Crippen LogP contribution >= 0.6 is 0 Å². The van der Waals surface area contributed by atoms with Crippen LogP contribution in [0.4, 0.5) is 0 Å². The summed E-state index contributed by atoms with van der Waals surface area (Å²) in [6, 6.07) is 5.32. The molecule has 1 aromatic carbocycles. The molecule has 0 bridgehead atoms. The van der Waals surface area contributed by atoms with Crippen molar-refractivity contribution in [2.75, 3.05) is 0 Å². The highest BCUT2D eigenvalue weighted by Crippen LogP contribution is 2.25. The fourth-order valence-corrected chi connectivity index (χ4v) is 2.56. The van der Waals surface area contributed by atoms with Crippen LogP contribution < -0.4 is 5.73 Å². The molecule has 1 aliphatic rings. The first-order valence-corrected chi connectivity index (χ1v) is 6.11. The monoisotopic (exact) mass is 245 g/mol. The number of carbonyl (C=O) groups is 1. The number of aromatic nitrogens is 2. The summed E-state index contributed by atoms with van der Waals surface area (Å²) in [6.45, 7) is 0.990. The van der Waals surface area contributed by atoms with E-state index in [1.165, 1.54) is 0 Å². The number of imidazole rings is 1. The van der Waals surface area contributed by atoms with Gasteiger partial charge >= 0.3 is 5.97 Å². The summed E-state index contributed by atoms with van der Waals surface area (Å²) >= 11 is 0. The molecule has 3 rings (SSSR count). The van der Waals surface area contributed by atoms with E-state index in [1.807, 2.05) is 18.2 Å². The number of nitrogens with two attached hydrogens (primary N) is 1. The Hall–Kier alpha value is -1.88. The molecule has 3 N–H and O–H groups in total. The van der Waals surface area contributed by atoms with E-state index in [9.17, 15) is 4.79 Å². The minimum Gasteiger partial charge on any atom is -0.481 e. The van der Waals surface area contributed by atoms with Gasteiger partial charge in [-0.2, -0.15) is 0 Å². The number of hydrogen-bond acceptors (Lipinski definition) is 3. The maximum absolute atomic E-state index is 10.7. The molecule has 2 heterocycles. The first-order valence-electron chi connectivity index (χ1n) is 6.11. The number of benzene rings is 1. The highest BCUT2D eigenvalue weighted by molar-refractivity contribution is 5.77. The largest absolute Gasteiger partial charge is 0.481 e. The Labute approximate surface area is 104 Å². The van der Waals surface area contributed by atoms with Gasteiger partial charge in [-0.3, -0.25) is 4.79 Å². The molecule has 0 fully saturated rings. The molecule has 0 spiro atoms. The van der Waals surface area contributed by atoms with E-state index in [4.69, 9.17) is 10.8 Å². The Morgan fingerprint density at radius 3 is 3.17 bits per heavy atom. The van der Waals surface area contributed by atoms with E-state index in [1.54, 1.807) is 0 Å². The maximum Gasteiger partial charge on any atom is 0.305 e. The first kappa shape index (κ1) is 11.2. The Kier molecular flexibility index (Phi) is 2.56. The van der Waals surface area contributed by atoms with Crippen molar-refractivity contribution in [1.29, 1.82) is 0 Å². The van der Waals surface area contributed by atoms with Gasteiger partial charge in [0.2, 0.25) is 0 Å². The van der Waals surface area contributed by atoms with E-state index in [2.05, 4.69) is 9.55 Å². The van der Waals surface area contributed by atoms with Gasteiger partial charge in [0.1, 0.15) is 5.82 Å². The predicted octanol–water partition coefficient (Wildman–Crippen LogP) is 1.46. The average Bonchev–Trinajstić information content (AvgIpc) is 2.87. The van der Waals surface area contributed by atoms with Gasteiger partial charge in [-0.1, -0.05) is 6.07 Å². The van der Waals surface area contributed by atoms with Crippen molar-refractivity contribution in [3.63, 3.8) is 0 Å². The third-order valence-corrected chi connectivity index (χ3v) is 3.46. The van der Waals surface area contributed by atoms with Crippen LogP contribution in [0.5, 0.6) is 0 Å². The molecular formula is C13H15N3O2. The molecule has 94 valence electrons. The third-order valence-electron chi connectivity index (χ3n) is 3.46. The maximum atomic E-state index is 10.7. The van der Waals surface area contributed by atoms with Gasteiger partial charge in [0, 0.05) is 19.0 Å². The summed E-state index contributed by atoms with van der Waals surface area (Å²) in [7, 11) is 0. The summed E-state index contributed by atoms with van der Waals surface area (Å²) < 4.78 is 2.20. The van der Waals surface area contributed by atoms with Crippen LogP contribution in [0.15, 0.2) is 18.2 Å². The molecule has 1 atom stereocenters. The second-order valence-corrected chi connectivity index (χ2v) is 4.74. The van der Waals surface area contributed by atoms with E-state index in [-0.39, 0.29) is 6.42 Å². The predicted molar refractivity (Wildman–Crippen MR) is 67.2 cm³/mol. The number of aliphatic carboxylic acids is 1. The molecule has 0 radical (unpaired) electrons. The van der Waals surface area contributed by atoms with Crippen LogP contribution in [0.1, 0.15) is 30.3 Å². The van der Waals surface area contributed by atoms with E-state index < -0.39 is 12.0 Å². The second-order valence-electron chi connectivity index (χ2n) is 4.74. The molecule has 0 amide bonds. The number of hydrogen-bond donors (Lipinski definition) is 2. The minimum absolute atomic E-state index is 0.0491. The van der Waals surface area contributed by atoms with E-state index >= 15 is 0 Å². The van der Waals surface area contributed by atoms with Crippen LogP contribution in [0.2, 0.25) is 0 Å². The van der Waals surface area contributed by atoms with Crippen LogP contribution in [-0.4, -0.2) is 20.6 Å². The Balaban J connectivity index is 2.02. The number of carboxylic acid groups (broad SMARTS) is 1. The molecule has 5 heteroatoms.